The minimum atomic E-state index is 0.138. The molecule has 2 aliphatic heterocycles. The summed E-state index contributed by atoms with van der Waals surface area (Å²) in [6.45, 7) is 4.56. The predicted molar refractivity (Wildman–Crippen MR) is 114 cm³/mol. The number of aryl methyl sites for hydroxylation is 1. The zero-order valence-corrected chi connectivity index (χ0v) is 17.2. The van der Waals surface area contributed by atoms with Crippen molar-refractivity contribution in [1.29, 1.82) is 0 Å². The number of carbonyl (C=O) groups is 1. The van der Waals surface area contributed by atoms with Crippen molar-refractivity contribution in [2.45, 2.75) is 31.8 Å². The molecule has 0 aromatic heterocycles. The second-order valence-corrected chi connectivity index (χ2v) is 7.89. The summed E-state index contributed by atoms with van der Waals surface area (Å²) in [6, 6.07) is 15.9. The summed E-state index contributed by atoms with van der Waals surface area (Å²) in [5.74, 6) is 1.84. The lowest BCUT2D eigenvalue weighted by molar-refractivity contribution is 0.0686. The molecular weight excluding hydrogens is 364 g/mol. The first kappa shape index (κ1) is 19.8. The molecule has 0 atom stereocenters. The maximum Gasteiger partial charge on any atom is 0.254 e. The fourth-order valence-electron chi connectivity index (χ4n) is 4.25. The molecule has 154 valence electrons. The van der Waals surface area contributed by atoms with Crippen molar-refractivity contribution in [3.63, 3.8) is 0 Å². The minimum absolute atomic E-state index is 0.138. The summed E-state index contributed by atoms with van der Waals surface area (Å²) in [5.41, 5.74) is 1.94. The number of nitrogens with zero attached hydrogens (tertiary/aromatic N) is 2. The van der Waals surface area contributed by atoms with E-state index in [1.807, 2.05) is 53.4 Å². The Morgan fingerprint density at radius 3 is 2.52 bits per heavy atom. The van der Waals surface area contributed by atoms with Crippen LogP contribution in [-0.4, -0.2) is 61.6 Å². The molecule has 2 aliphatic rings. The number of piperidine rings is 1. The number of methoxy groups -OCH3 is 1. The van der Waals surface area contributed by atoms with E-state index in [1.54, 1.807) is 7.11 Å². The van der Waals surface area contributed by atoms with Gasteiger partial charge in [0.1, 0.15) is 17.6 Å². The van der Waals surface area contributed by atoms with Gasteiger partial charge in [0.2, 0.25) is 0 Å². The van der Waals surface area contributed by atoms with Gasteiger partial charge in [0.05, 0.1) is 7.11 Å². The van der Waals surface area contributed by atoms with Crippen LogP contribution in [0.4, 0.5) is 0 Å². The van der Waals surface area contributed by atoms with Gasteiger partial charge in [-0.25, -0.2) is 0 Å². The molecule has 2 aromatic carbocycles. The molecule has 29 heavy (non-hydrogen) atoms. The van der Waals surface area contributed by atoms with Crippen LogP contribution in [0.5, 0.6) is 11.5 Å². The number of hydrogen-bond donors (Lipinski definition) is 0. The first-order valence-electron chi connectivity index (χ1n) is 10.6. The van der Waals surface area contributed by atoms with Crippen molar-refractivity contribution < 1.29 is 14.3 Å². The minimum Gasteiger partial charge on any atom is -0.497 e. The first-order valence-corrected chi connectivity index (χ1v) is 10.6. The molecule has 0 unspecified atom stereocenters. The van der Waals surface area contributed by atoms with Crippen LogP contribution in [0.15, 0.2) is 48.5 Å². The fraction of sp³-hybridized carbons (Fsp3) is 0.458. The predicted octanol–water partition coefficient (Wildman–Crippen LogP) is 3.63. The molecule has 0 N–H and O–H groups in total. The number of para-hydroxylation sites is 1. The summed E-state index contributed by atoms with van der Waals surface area (Å²) in [5, 5.41) is 0. The van der Waals surface area contributed by atoms with Gasteiger partial charge in [-0.2, -0.15) is 0 Å². The molecule has 2 aromatic rings. The molecule has 5 heteroatoms. The quantitative estimate of drug-likeness (QED) is 0.750. The summed E-state index contributed by atoms with van der Waals surface area (Å²) < 4.78 is 11.4. The standard InChI is InChI=1S/C24H30N2O3/c1-28-22-10-9-19-6-5-13-26(24(27)23(19)18-22)17-16-25-14-11-21(12-15-25)29-20-7-3-2-4-8-20/h2-4,7-10,18,21H,5-6,11-17H2,1H3. The van der Waals surface area contributed by atoms with E-state index >= 15 is 0 Å². The van der Waals surface area contributed by atoms with Crippen LogP contribution in [0.3, 0.4) is 0 Å². The van der Waals surface area contributed by atoms with Crippen molar-refractivity contribution in [1.82, 2.24) is 9.80 Å². The molecule has 0 radical (unpaired) electrons. The van der Waals surface area contributed by atoms with Gasteiger partial charge < -0.3 is 19.3 Å². The van der Waals surface area contributed by atoms with Crippen LogP contribution in [-0.2, 0) is 6.42 Å². The van der Waals surface area contributed by atoms with Crippen molar-refractivity contribution in [2.24, 2.45) is 0 Å². The van der Waals surface area contributed by atoms with Crippen LogP contribution < -0.4 is 9.47 Å². The Balaban J connectivity index is 1.28. The number of amides is 1. The number of fused-ring (bicyclic) bond motifs is 1. The maximum atomic E-state index is 13.1. The van der Waals surface area contributed by atoms with Crippen LogP contribution in [0.25, 0.3) is 0 Å². The third kappa shape index (κ3) is 4.91. The van der Waals surface area contributed by atoms with Gasteiger partial charge in [0.25, 0.3) is 5.91 Å². The molecule has 0 spiro atoms. The number of likely N-dealkylation sites (tertiary alicyclic amines) is 1. The van der Waals surface area contributed by atoms with Gasteiger partial charge in [-0.15, -0.1) is 0 Å². The third-order valence-corrected chi connectivity index (χ3v) is 5.98. The second-order valence-electron chi connectivity index (χ2n) is 7.89. The fourth-order valence-corrected chi connectivity index (χ4v) is 4.25. The van der Waals surface area contributed by atoms with E-state index in [0.717, 1.165) is 81.0 Å². The maximum absolute atomic E-state index is 13.1. The SMILES string of the molecule is COc1ccc2c(c1)C(=O)N(CCN1CCC(Oc3ccccc3)CC1)CCC2. The Kier molecular flexibility index (Phi) is 6.35. The van der Waals surface area contributed by atoms with Crippen molar-refractivity contribution in [3.8, 4) is 11.5 Å². The smallest absolute Gasteiger partial charge is 0.254 e. The zero-order valence-electron chi connectivity index (χ0n) is 17.2. The first-order chi connectivity index (χ1) is 14.2. The Bertz CT molecular complexity index is 816. The van der Waals surface area contributed by atoms with Gasteiger partial charge in [-0.1, -0.05) is 24.3 Å². The molecule has 4 rings (SSSR count). The number of benzene rings is 2. The zero-order chi connectivity index (χ0) is 20.1. The van der Waals surface area contributed by atoms with Crippen molar-refractivity contribution in [3.05, 3.63) is 59.7 Å². The van der Waals surface area contributed by atoms with Crippen LogP contribution in [0.2, 0.25) is 0 Å². The lowest BCUT2D eigenvalue weighted by Crippen LogP contribution is -2.43. The van der Waals surface area contributed by atoms with Crippen molar-refractivity contribution >= 4 is 5.91 Å². The molecule has 0 saturated carbocycles. The summed E-state index contributed by atoms with van der Waals surface area (Å²) >= 11 is 0. The summed E-state index contributed by atoms with van der Waals surface area (Å²) in [6.07, 6.45) is 4.31. The third-order valence-electron chi connectivity index (χ3n) is 5.98. The van der Waals surface area contributed by atoms with Gasteiger partial charge >= 0.3 is 0 Å². The molecule has 1 fully saturated rings. The lowest BCUT2D eigenvalue weighted by Gasteiger charge is -2.33. The average Bonchev–Trinajstić information content (AvgIpc) is 2.92. The van der Waals surface area contributed by atoms with E-state index in [9.17, 15) is 4.79 Å². The Morgan fingerprint density at radius 2 is 1.76 bits per heavy atom. The molecule has 1 amide bonds. The van der Waals surface area contributed by atoms with E-state index in [-0.39, 0.29) is 12.0 Å². The summed E-state index contributed by atoms with van der Waals surface area (Å²) in [7, 11) is 1.64. The van der Waals surface area contributed by atoms with E-state index in [2.05, 4.69) is 4.90 Å². The number of rotatable bonds is 6. The van der Waals surface area contributed by atoms with Gasteiger partial charge in [0, 0.05) is 38.3 Å². The van der Waals surface area contributed by atoms with Gasteiger partial charge in [0.15, 0.2) is 0 Å². The largest absolute Gasteiger partial charge is 0.497 e. The van der Waals surface area contributed by atoms with Gasteiger partial charge in [-0.05, 0) is 55.5 Å². The number of hydrogen-bond acceptors (Lipinski definition) is 4. The number of ether oxygens (including phenoxy) is 2. The topological polar surface area (TPSA) is 42.0 Å². The van der Waals surface area contributed by atoms with Crippen LogP contribution >= 0.6 is 0 Å². The highest BCUT2D eigenvalue weighted by Crippen LogP contribution is 2.24. The van der Waals surface area contributed by atoms with E-state index < -0.39 is 0 Å². The van der Waals surface area contributed by atoms with E-state index in [1.165, 1.54) is 0 Å². The van der Waals surface area contributed by atoms with Crippen LogP contribution in [0.1, 0.15) is 35.2 Å². The van der Waals surface area contributed by atoms with E-state index in [0.29, 0.717) is 0 Å². The highest BCUT2D eigenvalue weighted by molar-refractivity contribution is 5.96. The monoisotopic (exact) mass is 394 g/mol. The number of carbonyl (C=O) groups excluding carboxylic acids is 1. The lowest BCUT2D eigenvalue weighted by atomic mass is 10.0. The van der Waals surface area contributed by atoms with Gasteiger partial charge in [-0.3, -0.25) is 4.79 Å². The highest BCUT2D eigenvalue weighted by Gasteiger charge is 2.25. The second kappa shape index (κ2) is 9.31. The molecule has 1 saturated heterocycles. The van der Waals surface area contributed by atoms with Crippen LogP contribution in [0, 0.1) is 0 Å². The Hall–Kier alpha value is -2.53. The molecule has 0 aliphatic carbocycles. The Labute approximate surface area is 173 Å². The molecule has 2 heterocycles. The molecule has 5 nitrogen and oxygen atoms in total. The molecule has 0 bridgehead atoms. The van der Waals surface area contributed by atoms with Crippen molar-refractivity contribution in [2.75, 3.05) is 39.8 Å². The highest BCUT2D eigenvalue weighted by atomic mass is 16.5. The van der Waals surface area contributed by atoms with E-state index in [4.69, 9.17) is 9.47 Å². The normalized spacial score (nSPS) is 18.2. The average molecular weight is 395 g/mol. The Morgan fingerprint density at radius 1 is 0.966 bits per heavy atom. The summed E-state index contributed by atoms with van der Waals surface area (Å²) in [4.78, 5) is 17.5. The molecular formula is C24H30N2O3.